The monoisotopic (exact) mass is 554 g/mol. The molecule has 0 unspecified atom stereocenters. The van der Waals surface area contributed by atoms with Crippen molar-refractivity contribution in [2.45, 2.75) is 38.3 Å². The molecule has 0 bridgehead atoms. The third kappa shape index (κ3) is 7.36. The highest BCUT2D eigenvalue weighted by atomic mass is 127. The van der Waals surface area contributed by atoms with Gasteiger partial charge in [-0.15, -0.1) is 35.3 Å². The van der Waals surface area contributed by atoms with E-state index >= 15 is 0 Å². The van der Waals surface area contributed by atoms with Gasteiger partial charge in [0.25, 0.3) is 0 Å². The SMILES string of the molecule is CN=C(NCC1CCN(Cc2cccs2)CC1)N1CCC(Oc2ccccc2)CC1.I. The maximum Gasteiger partial charge on any atom is 0.193 e. The van der Waals surface area contributed by atoms with Gasteiger partial charge >= 0.3 is 0 Å². The second-order valence-corrected chi connectivity index (χ2v) is 9.38. The molecular formula is C24H35IN4OS. The molecule has 0 aliphatic carbocycles. The van der Waals surface area contributed by atoms with Crippen LogP contribution in [0.2, 0.25) is 0 Å². The van der Waals surface area contributed by atoms with Gasteiger partial charge in [0.15, 0.2) is 5.96 Å². The van der Waals surface area contributed by atoms with Crippen LogP contribution in [0.15, 0.2) is 52.8 Å². The molecule has 5 nitrogen and oxygen atoms in total. The van der Waals surface area contributed by atoms with E-state index in [2.05, 4.69) is 37.6 Å². The average molecular weight is 555 g/mol. The number of para-hydroxylation sites is 1. The minimum absolute atomic E-state index is 0. The number of halogens is 1. The van der Waals surface area contributed by atoms with Gasteiger partial charge in [-0.25, -0.2) is 0 Å². The molecule has 2 aliphatic heterocycles. The number of piperidine rings is 2. The summed E-state index contributed by atoms with van der Waals surface area (Å²) in [6, 6.07) is 14.6. The van der Waals surface area contributed by atoms with Gasteiger partial charge in [0, 0.05) is 50.9 Å². The largest absolute Gasteiger partial charge is 0.490 e. The molecule has 2 aromatic rings. The molecule has 2 aliphatic rings. The Balaban J connectivity index is 0.00000272. The summed E-state index contributed by atoms with van der Waals surface area (Å²) in [5.74, 6) is 2.76. The second-order valence-electron chi connectivity index (χ2n) is 8.34. The van der Waals surface area contributed by atoms with Crippen LogP contribution in [-0.4, -0.2) is 61.6 Å². The summed E-state index contributed by atoms with van der Waals surface area (Å²) in [5.41, 5.74) is 0. The Bertz CT molecular complexity index is 770. The number of hydrogen-bond acceptors (Lipinski definition) is 4. The molecule has 2 fully saturated rings. The Morgan fingerprint density at radius 1 is 1.03 bits per heavy atom. The Labute approximate surface area is 207 Å². The molecule has 3 heterocycles. The predicted molar refractivity (Wildman–Crippen MR) is 141 cm³/mol. The molecule has 0 spiro atoms. The van der Waals surface area contributed by atoms with Crippen LogP contribution < -0.4 is 10.1 Å². The molecule has 0 saturated carbocycles. The van der Waals surface area contributed by atoms with Crippen LogP contribution in [0, 0.1) is 5.92 Å². The van der Waals surface area contributed by atoms with E-state index in [-0.39, 0.29) is 24.0 Å². The van der Waals surface area contributed by atoms with E-state index in [4.69, 9.17) is 4.74 Å². The fraction of sp³-hybridized carbons (Fsp3) is 0.542. The zero-order valence-electron chi connectivity index (χ0n) is 18.4. The highest BCUT2D eigenvalue weighted by Crippen LogP contribution is 2.21. The van der Waals surface area contributed by atoms with Crippen molar-refractivity contribution >= 4 is 41.3 Å². The fourth-order valence-corrected chi connectivity index (χ4v) is 5.16. The lowest BCUT2D eigenvalue weighted by molar-refractivity contribution is 0.129. The van der Waals surface area contributed by atoms with Gasteiger partial charge in [-0.1, -0.05) is 24.3 Å². The first kappa shape index (κ1) is 24.3. The van der Waals surface area contributed by atoms with Crippen LogP contribution in [0.5, 0.6) is 5.75 Å². The topological polar surface area (TPSA) is 40.1 Å². The van der Waals surface area contributed by atoms with Crippen molar-refractivity contribution in [3.8, 4) is 5.75 Å². The third-order valence-electron chi connectivity index (χ3n) is 6.21. The maximum atomic E-state index is 6.13. The number of rotatable bonds is 6. The van der Waals surface area contributed by atoms with Gasteiger partial charge in [0.05, 0.1) is 0 Å². The summed E-state index contributed by atoms with van der Waals surface area (Å²) in [4.78, 5) is 11.0. The number of ether oxygens (including phenoxy) is 1. The number of nitrogens with one attached hydrogen (secondary N) is 1. The molecule has 0 radical (unpaired) electrons. The summed E-state index contributed by atoms with van der Waals surface area (Å²) in [7, 11) is 1.90. The van der Waals surface area contributed by atoms with Crippen LogP contribution in [0.3, 0.4) is 0 Å². The quantitative estimate of drug-likeness (QED) is 0.320. The van der Waals surface area contributed by atoms with E-state index < -0.39 is 0 Å². The zero-order valence-corrected chi connectivity index (χ0v) is 21.6. The molecule has 1 N–H and O–H groups in total. The van der Waals surface area contributed by atoms with Gasteiger partial charge < -0.3 is 15.0 Å². The van der Waals surface area contributed by atoms with Gasteiger partial charge in [0.1, 0.15) is 11.9 Å². The number of likely N-dealkylation sites (tertiary alicyclic amines) is 2. The molecule has 31 heavy (non-hydrogen) atoms. The molecule has 2 saturated heterocycles. The van der Waals surface area contributed by atoms with Gasteiger partial charge in [-0.2, -0.15) is 0 Å². The van der Waals surface area contributed by atoms with E-state index in [9.17, 15) is 0 Å². The first-order chi connectivity index (χ1) is 14.8. The van der Waals surface area contributed by atoms with Crippen molar-refractivity contribution < 1.29 is 4.74 Å². The smallest absolute Gasteiger partial charge is 0.193 e. The summed E-state index contributed by atoms with van der Waals surface area (Å²) >= 11 is 1.87. The van der Waals surface area contributed by atoms with Crippen molar-refractivity contribution in [3.05, 3.63) is 52.7 Å². The van der Waals surface area contributed by atoms with Crippen LogP contribution in [0.25, 0.3) is 0 Å². The van der Waals surface area contributed by atoms with E-state index in [1.807, 2.05) is 48.7 Å². The van der Waals surface area contributed by atoms with Crippen molar-refractivity contribution in [3.63, 3.8) is 0 Å². The van der Waals surface area contributed by atoms with Crippen LogP contribution in [0.4, 0.5) is 0 Å². The first-order valence-corrected chi connectivity index (χ1v) is 12.1. The third-order valence-corrected chi connectivity index (χ3v) is 7.08. The minimum atomic E-state index is 0. The van der Waals surface area contributed by atoms with E-state index in [0.717, 1.165) is 56.6 Å². The maximum absolute atomic E-state index is 6.13. The number of guanidine groups is 1. The van der Waals surface area contributed by atoms with Crippen molar-refractivity contribution in [1.82, 2.24) is 15.1 Å². The number of benzene rings is 1. The minimum Gasteiger partial charge on any atom is -0.490 e. The van der Waals surface area contributed by atoms with Gasteiger partial charge in [0.2, 0.25) is 0 Å². The number of hydrogen-bond donors (Lipinski definition) is 1. The Morgan fingerprint density at radius 2 is 1.77 bits per heavy atom. The highest BCUT2D eigenvalue weighted by Gasteiger charge is 2.24. The normalized spacial score (nSPS) is 19.1. The summed E-state index contributed by atoms with van der Waals surface area (Å²) in [6.45, 7) is 6.53. The predicted octanol–water partition coefficient (Wildman–Crippen LogP) is 4.70. The number of thiophene rings is 1. The summed E-state index contributed by atoms with van der Waals surface area (Å²) in [6.07, 6.45) is 4.91. The molecule has 0 amide bonds. The molecule has 170 valence electrons. The van der Waals surface area contributed by atoms with Crippen LogP contribution in [0.1, 0.15) is 30.6 Å². The lowest BCUT2D eigenvalue weighted by atomic mass is 9.97. The highest BCUT2D eigenvalue weighted by molar-refractivity contribution is 14.0. The number of aliphatic imine (C=N–C) groups is 1. The van der Waals surface area contributed by atoms with Gasteiger partial charge in [-0.3, -0.25) is 9.89 Å². The van der Waals surface area contributed by atoms with E-state index in [0.29, 0.717) is 6.10 Å². The molecule has 1 aromatic heterocycles. The van der Waals surface area contributed by atoms with Crippen molar-refractivity contribution in [1.29, 1.82) is 0 Å². The van der Waals surface area contributed by atoms with E-state index in [1.165, 1.54) is 30.8 Å². The zero-order chi connectivity index (χ0) is 20.6. The lowest BCUT2D eigenvalue weighted by Crippen LogP contribution is -2.49. The molecule has 4 rings (SSSR count). The van der Waals surface area contributed by atoms with Crippen LogP contribution >= 0.6 is 35.3 Å². The lowest BCUT2D eigenvalue weighted by Gasteiger charge is -2.36. The van der Waals surface area contributed by atoms with Gasteiger partial charge in [-0.05, 0) is 55.4 Å². The molecule has 1 aromatic carbocycles. The molecule has 7 heteroatoms. The Morgan fingerprint density at radius 3 is 2.42 bits per heavy atom. The Kier molecular flexibility index (Phi) is 9.93. The van der Waals surface area contributed by atoms with Crippen LogP contribution in [-0.2, 0) is 6.54 Å². The molecule has 0 atom stereocenters. The Hall–Kier alpha value is -1.32. The standard InChI is InChI=1S/C24H34N4OS.HI/c1-25-24(28-15-11-22(12-16-28)29-21-6-3-2-4-7-21)26-18-20-9-13-27(14-10-20)19-23-8-5-17-30-23;/h2-8,17,20,22H,9-16,18-19H2,1H3,(H,25,26);1H. The average Bonchev–Trinajstić information content (AvgIpc) is 3.30. The first-order valence-electron chi connectivity index (χ1n) is 11.2. The number of nitrogens with zero attached hydrogens (tertiary/aromatic N) is 3. The second kappa shape index (κ2) is 12.6. The van der Waals surface area contributed by atoms with E-state index in [1.54, 1.807) is 0 Å². The van der Waals surface area contributed by atoms with Crippen molar-refractivity contribution in [2.75, 3.05) is 39.8 Å². The van der Waals surface area contributed by atoms with Crippen molar-refractivity contribution in [2.24, 2.45) is 10.9 Å². The summed E-state index contributed by atoms with van der Waals surface area (Å²) in [5, 5.41) is 5.83. The summed E-state index contributed by atoms with van der Waals surface area (Å²) < 4.78 is 6.13. The fourth-order valence-electron chi connectivity index (χ4n) is 4.42. The molecular weight excluding hydrogens is 519 g/mol.